The predicted octanol–water partition coefficient (Wildman–Crippen LogP) is 1.07. The summed E-state index contributed by atoms with van der Waals surface area (Å²) in [6.45, 7) is 0. The van der Waals surface area contributed by atoms with Crippen molar-refractivity contribution in [1.82, 2.24) is 10.3 Å². The van der Waals surface area contributed by atoms with E-state index in [2.05, 4.69) is 10.3 Å². The minimum absolute atomic E-state index is 0.0243. The van der Waals surface area contributed by atoms with Gasteiger partial charge in [0, 0.05) is 12.4 Å². The van der Waals surface area contributed by atoms with E-state index in [1.54, 1.807) is 0 Å². The van der Waals surface area contributed by atoms with Gasteiger partial charge < -0.3 is 10.3 Å². The summed E-state index contributed by atoms with van der Waals surface area (Å²) in [5, 5.41) is 2.57. The molecular weight excluding hydrogens is 204 g/mol. The van der Waals surface area contributed by atoms with Crippen LogP contribution in [0.25, 0.3) is 0 Å². The van der Waals surface area contributed by atoms with Crippen molar-refractivity contribution in [2.24, 2.45) is 0 Å². The number of rotatable bonds is 2. The Balaban J connectivity index is 2.03. The number of hydrogen-bond donors (Lipinski definition) is 2. The fraction of sp³-hybridized carbons (Fsp3) is 0.250. The summed E-state index contributed by atoms with van der Waals surface area (Å²) in [6, 6.07) is 1.97. The van der Waals surface area contributed by atoms with Crippen molar-refractivity contribution in [3.63, 3.8) is 0 Å². The van der Waals surface area contributed by atoms with Gasteiger partial charge in [0.15, 0.2) is 0 Å². The molecule has 13 heavy (non-hydrogen) atoms. The molecule has 0 spiro atoms. The van der Waals surface area contributed by atoms with Crippen molar-refractivity contribution in [1.29, 1.82) is 0 Å². The number of nitrogens with one attached hydrogen (secondary N) is 2. The topological polar surface area (TPSA) is 44.9 Å². The Bertz CT molecular complexity index is 334. The van der Waals surface area contributed by atoms with E-state index in [0.29, 0.717) is 4.32 Å². The lowest BCUT2D eigenvalue weighted by Crippen LogP contribution is -2.25. The second-order valence-electron chi connectivity index (χ2n) is 2.81. The third-order valence-corrected chi connectivity index (χ3v) is 3.22. The first-order chi connectivity index (χ1) is 6.25. The second kappa shape index (κ2) is 3.51. The van der Waals surface area contributed by atoms with Gasteiger partial charge in [0.2, 0.25) is 5.91 Å². The Kier molecular flexibility index (Phi) is 2.37. The van der Waals surface area contributed by atoms with Crippen LogP contribution in [0.3, 0.4) is 0 Å². The number of thiocarbonyl (C=S) groups is 1. The number of aromatic nitrogens is 1. The highest BCUT2D eigenvalue weighted by atomic mass is 32.2. The van der Waals surface area contributed by atoms with Gasteiger partial charge in [0.05, 0.1) is 5.25 Å². The zero-order chi connectivity index (χ0) is 9.26. The number of amides is 1. The standard InChI is InChI=1S/C8H8N2OS2/c11-7-6(13-8(12)10-7)3-5-1-2-9-4-5/h1-2,4,6,9H,3H2,(H,10,11,12). The van der Waals surface area contributed by atoms with E-state index in [1.165, 1.54) is 11.8 Å². The molecule has 1 aromatic heterocycles. The lowest BCUT2D eigenvalue weighted by atomic mass is 10.2. The summed E-state index contributed by atoms with van der Waals surface area (Å²) in [4.78, 5) is 14.2. The number of carbonyl (C=O) groups excluding carboxylic acids is 1. The van der Waals surface area contributed by atoms with Crippen LogP contribution in [-0.4, -0.2) is 20.5 Å². The summed E-state index contributed by atoms with van der Waals surface area (Å²) < 4.78 is 0.588. The molecule has 0 radical (unpaired) electrons. The molecule has 2 heterocycles. The maximum Gasteiger partial charge on any atom is 0.239 e. The van der Waals surface area contributed by atoms with E-state index in [4.69, 9.17) is 12.2 Å². The maximum absolute atomic E-state index is 11.3. The Hall–Kier alpha value is -0.810. The van der Waals surface area contributed by atoms with Gasteiger partial charge in [0.1, 0.15) is 4.32 Å². The molecule has 1 unspecified atom stereocenters. The van der Waals surface area contributed by atoms with E-state index < -0.39 is 0 Å². The molecule has 1 fully saturated rings. The summed E-state index contributed by atoms with van der Waals surface area (Å²) in [6.07, 6.45) is 4.49. The first-order valence-electron chi connectivity index (χ1n) is 3.89. The van der Waals surface area contributed by atoms with Gasteiger partial charge in [-0.05, 0) is 18.1 Å². The summed E-state index contributed by atoms with van der Waals surface area (Å²) in [5.41, 5.74) is 1.14. The van der Waals surface area contributed by atoms with Crippen LogP contribution in [0.1, 0.15) is 5.56 Å². The number of hydrogen-bond acceptors (Lipinski definition) is 3. The Morgan fingerprint density at radius 2 is 2.46 bits per heavy atom. The summed E-state index contributed by atoms with van der Waals surface area (Å²) in [5.74, 6) is 0.0243. The lowest BCUT2D eigenvalue weighted by Gasteiger charge is -2.01. The zero-order valence-electron chi connectivity index (χ0n) is 6.74. The molecule has 1 saturated heterocycles. The van der Waals surface area contributed by atoms with E-state index in [9.17, 15) is 4.79 Å². The zero-order valence-corrected chi connectivity index (χ0v) is 8.37. The number of H-pyrrole nitrogens is 1. The van der Waals surface area contributed by atoms with Crippen molar-refractivity contribution in [2.75, 3.05) is 0 Å². The molecule has 0 bridgehead atoms. The first kappa shape index (κ1) is 8.77. The molecule has 3 nitrogen and oxygen atoms in total. The summed E-state index contributed by atoms with van der Waals surface area (Å²) in [7, 11) is 0. The van der Waals surface area contributed by atoms with Crippen LogP contribution in [0.15, 0.2) is 18.5 Å². The first-order valence-corrected chi connectivity index (χ1v) is 5.17. The van der Waals surface area contributed by atoms with Crippen LogP contribution in [0.5, 0.6) is 0 Å². The lowest BCUT2D eigenvalue weighted by molar-refractivity contribution is -0.118. The third kappa shape index (κ3) is 1.92. The largest absolute Gasteiger partial charge is 0.367 e. The minimum atomic E-state index is -0.0525. The molecule has 5 heteroatoms. The molecule has 1 aromatic rings. The van der Waals surface area contributed by atoms with Crippen LogP contribution < -0.4 is 5.32 Å². The van der Waals surface area contributed by atoms with E-state index in [1.807, 2.05) is 18.5 Å². The van der Waals surface area contributed by atoms with Crippen LogP contribution in [-0.2, 0) is 11.2 Å². The molecule has 1 amide bonds. The van der Waals surface area contributed by atoms with E-state index in [-0.39, 0.29) is 11.2 Å². The molecule has 0 aliphatic carbocycles. The fourth-order valence-electron chi connectivity index (χ4n) is 1.23. The monoisotopic (exact) mass is 212 g/mol. The second-order valence-corrected chi connectivity index (χ2v) is 4.69. The molecule has 2 N–H and O–H groups in total. The van der Waals surface area contributed by atoms with Crippen molar-refractivity contribution >= 4 is 34.2 Å². The Labute approximate surface area is 85.3 Å². The molecule has 2 rings (SSSR count). The van der Waals surface area contributed by atoms with Crippen LogP contribution in [0.4, 0.5) is 0 Å². The van der Waals surface area contributed by atoms with Crippen LogP contribution in [0.2, 0.25) is 0 Å². The average Bonchev–Trinajstić information content (AvgIpc) is 2.63. The highest BCUT2D eigenvalue weighted by Gasteiger charge is 2.28. The number of thioether (sulfide) groups is 1. The molecule has 0 saturated carbocycles. The molecule has 1 atom stereocenters. The van der Waals surface area contributed by atoms with Crippen LogP contribution >= 0.6 is 24.0 Å². The highest BCUT2D eigenvalue weighted by Crippen LogP contribution is 2.22. The van der Waals surface area contributed by atoms with Crippen molar-refractivity contribution in [3.05, 3.63) is 24.0 Å². The van der Waals surface area contributed by atoms with Gasteiger partial charge >= 0.3 is 0 Å². The predicted molar refractivity (Wildman–Crippen MR) is 56.6 cm³/mol. The Morgan fingerprint density at radius 1 is 1.62 bits per heavy atom. The van der Waals surface area contributed by atoms with Crippen LogP contribution in [0, 0.1) is 0 Å². The molecule has 68 valence electrons. The minimum Gasteiger partial charge on any atom is -0.367 e. The van der Waals surface area contributed by atoms with E-state index in [0.717, 1.165) is 12.0 Å². The molecule has 0 aromatic carbocycles. The van der Waals surface area contributed by atoms with E-state index >= 15 is 0 Å². The summed E-state index contributed by atoms with van der Waals surface area (Å²) >= 11 is 6.32. The Morgan fingerprint density at radius 3 is 3.00 bits per heavy atom. The van der Waals surface area contributed by atoms with Gasteiger partial charge in [-0.2, -0.15) is 0 Å². The van der Waals surface area contributed by atoms with Gasteiger partial charge in [-0.3, -0.25) is 4.79 Å². The van der Waals surface area contributed by atoms with Crippen molar-refractivity contribution < 1.29 is 4.79 Å². The molecule has 1 aliphatic rings. The van der Waals surface area contributed by atoms with Crippen molar-refractivity contribution in [3.8, 4) is 0 Å². The molecule has 1 aliphatic heterocycles. The maximum atomic E-state index is 11.3. The van der Waals surface area contributed by atoms with Gasteiger partial charge in [-0.1, -0.05) is 24.0 Å². The smallest absolute Gasteiger partial charge is 0.239 e. The van der Waals surface area contributed by atoms with Gasteiger partial charge in [0.25, 0.3) is 0 Å². The normalized spacial score (nSPS) is 22.0. The SMILES string of the molecule is O=C1NC(=S)SC1Cc1cc[nH]c1. The van der Waals surface area contributed by atoms with Gasteiger partial charge in [-0.15, -0.1) is 0 Å². The third-order valence-electron chi connectivity index (χ3n) is 1.85. The fourth-order valence-corrected chi connectivity index (χ4v) is 2.54. The quantitative estimate of drug-likeness (QED) is 0.721. The van der Waals surface area contributed by atoms with Crippen molar-refractivity contribution in [2.45, 2.75) is 11.7 Å². The number of carbonyl (C=O) groups is 1. The highest BCUT2D eigenvalue weighted by molar-refractivity contribution is 8.24. The van der Waals surface area contributed by atoms with Gasteiger partial charge in [-0.25, -0.2) is 0 Å². The average molecular weight is 212 g/mol. The molecular formula is C8H8N2OS2. The number of aromatic amines is 1.